The number of rotatable bonds is 7. The van der Waals surface area contributed by atoms with E-state index >= 15 is 0 Å². The fourth-order valence-corrected chi connectivity index (χ4v) is 2.90. The van der Waals surface area contributed by atoms with Gasteiger partial charge in [-0.05, 0) is 18.5 Å². The van der Waals surface area contributed by atoms with Crippen molar-refractivity contribution < 1.29 is 19.4 Å². The molecule has 0 aliphatic carbocycles. The monoisotopic (exact) mass is 220 g/mol. The molecule has 82 valence electrons. The Kier molecular flexibility index (Phi) is 7.40. The lowest BCUT2D eigenvalue weighted by atomic mass is 10.5. The third kappa shape index (κ3) is 6.84. The molecule has 0 heterocycles. The van der Waals surface area contributed by atoms with E-state index in [2.05, 4.69) is 4.74 Å². The summed E-state index contributed by atoms with van der Waals surface area (Å²) in [5.41, 5.74) is 0. The zero-order valence-electron chi connectivity index (χ0n) is 8.65. The first kappa shape index (κ1) is 13.4. The second kappa shape index (κ2) is 7.74. The minimum atomic E-state index is -0.760. The van der Waals surface area contributed by atoms with Crippen LogP contribution in [0.2, 0.25) is 0 Å². The van der Waals surface area contributed by atoms with Gasteiger partial charge in [-0.25, -0.2) is 0 Å². The third-order valence-corrected chi connectivity index (χ3v) is 4.56. The molecular weight excluding hydrogens is 203 g/mol. The van der Waals surface area contributed by atoms with Gasteiger partial charge < -0.3 is 9.84 Å². The summed E-state index contributed by atoms with van der Waals surface area (Å²) in [5, 5.41) is 8.50. The summed E-state index contributed by atoms with van der Waals surface area (Å²) in [5.74, 6) is -0.967. The zero-order valence-corrected chi connectivity index (χ0v) is 9.55. The first-order chi connectivity index (χ1) is 6.60. The van der Waals surface area contributed by atoms with E-state index in [-0.39, 0.29) is 20.3 Å². The van der Waals surface area contributed by atoms with Crippen LogP contribution in [0.15, 0.2) is 0 Å². The molecule has 1 atom stereocenters. The van der Waals surface area contributed by atoms with Crippen LogP contribution in [0.1, 0.15) is 19.8 Å². The van der Waals surface area contributed by atoms with Gasteiger partial charge in [-0.2, -0.15) is 0 Å². The van der Waals surface area contributed by atoms with E-state index in [0.29, 0.717) is 12.6 Å². The van der Waals surface area contributed by atoms with Crippen molar-refractivity contribution in [3.63, 3.8) is 0 Å². The zero-order chi connectivity index (χ0) is 11.0. The van der Waals surface area contributed by atoms with Crippen LogP contribution in [0, 0.1) is 0 Å². The van der Waals surface area contributed by atoms with Crippen molar-refractivity contribution in [3.8, 4) is 0 Å². The number of aliphatic carboxylic acids is 1. The highest BCUT2D eigenvalue weighted by molar-refractivity contribution is 7.57. The fraction of sp³-hybridized carbons (Fsp3) is 0.778. The lowest BCUT2D eigenvalue weighted by molar-refractivity contribution is -0.140. The predicted molar refractivity (Wildman–Crippen MR) is 56.1 cm³/mol. The van der Waals surface area contributed by atoms with Crippen molar-refractivity contribution in [2.75, 3.05) is 25.6 Å². The molecule has 0 amide bonds. The second-order valence-electron chi connectivity index (χ2n) is 2.90. The van der Waals surface area contributed by atoms with Crippen molar-refractivity contribution in [2.24, 2.45) is 0 Å². The molecule has 0 aliphatic heterocycles. The van der Waals surface area contributed by atoms with E-state index in [9.17, 15) is 9.59 Å². The number of hydrogen-bond donors (Lipinski definition) is 1. The first-order valence-electron chi connectivity index (χ1n) is 4.61. The summed E-state index contributed by atoms with van der Waals surface area (Å²) in [6.45, 7) is 2.03. The topological polar surface area (TPSA) is 63.6 Å². The molecule has 0 bridgehead atoms. The largest absolute Gasteiger partial charge is 0.481 e. The molecule has 0 spiro atoms. The van der Waals surface area contributed by atoms with E-state index in [1.54, 1.807) is 0 Å². The van der Waals surface area contributed by atoms with E-state index in [0.717, 1.165) is 12.3 Å². The highest BCUT2D eigenvalue weighted by Gasteiger charge is 2.10. The number of carbonyl (C=O) groups excluding carboxylic acids is 1. The second-order valence-corrected chi connectivity index (χ2v) is 5.77. The minimum Gasteiger partial charge on any atom is -0.481 e. The quantitative estimate of drug-likeness (QED) is 0.522. The lowest BCUT2D eigenvalue weighted by Gasteiger charge is -2.13. The van der Waals surface area contributed by atoms with Crippen LogP contribution >= 0.6 is 7.92 Å². The maximum absolute atomic E-state index is 10.8. The molecule has 0 fully saturated rings. The molecule has 5 heteroatoms. The third-order valence-electron chi connectivity index (χ3n) is 1.95. The van der Waals surface area contributed by atoms with Crippen LogP contribution in [0.3, 0.4) is 0 Å². The Bertz CT molecular complexity index is 193. The summed E-state index contributed by atoms with van der Waals surface area (Å²) in [6, 6.07) is 0. The number of carboxylic acid groups (broad SMARTS) is 1. The Morgan fingerprint density at radius 2 is 1.86 bits per heavy atom. The van der Waals surface area contributed by atoms with Crippen LogP contribution in [0.5, 0.6) is 0 Å². The highest BCUT2D eigenvalue weighted by Crippen LogP contribution is 2.36. The van der Waals surface area contributed by atoms with Crippen molar-refractivity contribution in [1.29, 1.82) is 0 Å². The standard InChI is InChI=1S/C9H17O4P/c1-3-14(6-4-8(10)11)7-5-9(12)13-2/h3-7H2,1-2H3,(H,10,11). The Hall–Kier alpha value is -0.630. The molecule has 0 aromatic carbocycles. The van der Waals surface area contributed by atoms with Gasteiger partial charge in [0.15, 0.2) is 0 Å². The summed E-state index contributed by atoms with van der Waals surface area (Å²) in [6.07, 6.45) is 3.08. The van der Waals surface area contributed by atoms with Gasteiger partial charge >= 0.3 is 11.9 Å². The Balaban J connectivity index is 3.68. The number of methoxy groups -OCH3 is 1. The van der Waals surface area contributed by atoms with Gasteiger partial charge in [0.1, 0.15) is 0 Å². The SMILES string of the molecule is CCP(CCC(=O)O)CCC(=O)OC. The summed E-state index contributed by atoms with van der Waals surface area (Å²) >= 11 is 0. The van der Waals surface area contributed by atoms with Gasteiger partial charge in [0.05, 0.1) is 7.11 Å². The molecule has 0 aromatic heterocycles. The average Bonchev–Trinajstić information content (AvgIpc) is 2.17. The molecule has 0 aliphatic rings. The van der Waals surface area contributed by atoms with Gasteiger partial charge in [-0.15, -0.1) is 7.92 Å². The molecule has 14 heavy (non-hydrogen) atoms. The predicted octanol–water partition coefficient (Wildman–Crippen LogP) is 1.53. The first-order valence-corrected chi connectivity index (χ1v) is 6.50. The summed E-state index contributed by atoms with van der Waals surface area (Å²) < 4.78 is 4.53. The van der Waals surface area contributed by atoms with Crippen molar-refractivity contribution in [1.82, 2.24) is 0 Å². The number of carboxylic acids is 1. The number of ether oxygens (including phenoxy) is 1. The molecule has 0 saturated carbocycles. The number of hydrogen-bond acceptors (Lipinski definition) is 3. The number of carbonyl (C=O) groups is 2. The van der Waals surface area contributed by atoms with Crippen LogP contribution in [0.25, 0.3) is 0 Å². The summed E-state index contributed by atoms with van der Waals surface area (Å²) in [7, 11) is 1.06. The Labute approximate surface area is 85.4 Å². The fourth-order valence-electron chi connectivity index (χ4n) is 1.03. The van der Waals surface area contributed by atoms with Gasteiger partial charge in [0.2, 0.25) is 0 Å². The Morgan fingerprint density at radius 1 is 1.29 bits per heavy atom. The molecule has 0 aromatic rings. The van der Waals surface area contributed by atoms with Crippen LogP contribution < -0.4 is 0 Å². The van der Waals surface area contributed by atoms with Crippen molar-refractivity contribution in [3.05, 3.63) is 0 Å². The van der Waals surface area contributed by atoms with Gasteiger partial charge in [-0.1, -0.05) is 6.92 Å². The normalized spacial score (nSPS) is 12.1. The highest BCUT2D eigenvalue weighted by atomic mass is 31.1. The van der Waals surface area contributed by atoms with Crippen LogP contribution in [0.4, 0.5) is 0 Å². The lowest BCUT2D eigenvalue weighted by Crippen LogP contribution is -2.06. The molecule has 4 nitrogen and oxygen atoms in total. The van der Waals surface area contributed by atoms with Crippen molar-refractivity contribution >= 4 is 19.9 Å². The maximum atomic E-state index is 10.8. The molecule has 0 rings (SSSR count). The average molecular weight is 220 g/mol. The van der Waals surface area contributed by atoms with Gasteiger partial charge in [-0.3, -0.25) is 9.59 Å². The molecule has 1 N–H and O–H groups in total. The molecule has 1 unspecified atom stereocenters. The number of esters is 1. The molecule has 0 saturated heterocycles. The van der Waals surface area contributed by atoms with Crippen LogP contribution in [-0.2, 0) is 14.3 Å². The maximum Gasteiger partial charge on any atom is 0.305 e. The van der Waals surface area contributed by atoms with E-state index in [1.807, 2.05) is 6.92 Å². The smallest absolute Gasteiger partial charge is 0.305 e. The van der Waals surface area contributed by atoms with Crippen molar-refractivity contribution in [2.45, 2.75) is 19.8 Å². The van der Waals surface area contributed by atoms with E-state index in [1.165, 1.54) is 7.11 Å². The minimum absolute atomic E-state index is 0.207. The van der Waals surface area contributed by atoms with Gasteiger partial charge in [0.25, 0.3) is 0 Å². The summed E-state index contributed by atoms with van der Waals surface area (Å²) in [4.78, 5) is 21.2. The molecule has 0 radical (unpaired) electrons. The van der Waals surface area contributed by atoms with Gasteiger partial charge in [0, 0.05) is 12.8 Å². The molecular formula is C9H17O4P. The Morgan fingerprint density at radius 3 is 2.29 bits per heavy atom. The van der Waals surface area contributed by atoms with Crippen LogP contribution in [-0.4, -0.2) is 42.6 Å². The van der Waals surface area contributed by atoms with E-state index in [4.69, 9.17) is 5.11 Å². The van der Waals surface area contributed by atoms with E-state index < -0.39 is 5.97 Å².